The summed E-state index contributed by atoms with van der Waals surface area (Å²) in [4.78, 5) is 13.1. The first-order valence-electron chi connectivity index (χ1n) is 6.88. The maximum Gasteiger partial charge on any atom is 0.293 e. The van der Waals surface area contributed by atoms with Gasteiger partial charge in [-0.3, -0.25) is 10.1 Å². The van der Waals surface area contributed by atoms with E-state index in [1.807, 2.05) is 19.1 Å². The first kappa shape index (κ1) is 15.5. The summed E-state index contributed by atoms with van der Waals surface area (Å²) in [6, 6.07) is 5.43. The van der Waals surface area contributed by atoms with Gasteiger partial charge in [0, 0.05) is 29.3 Å². The van der Waals surface area contributed by atoms with Crippen molar-refractivity contribution in [2.45, 2.75) is 19.8 Å². The second kappa shape index (κ2) is 7.21. The zero-order valence-corrected chi connectivity index (χ0v) is 13.7. The predicted octanol–water partition coefficient (Wildman–Crippen LogP) is 3.45. The molecule has 1 heterocycles. The van der Waals surface area contributed by atoms with Crippen molar-refractivity contribution in [3.05, 3.63) is 31.9 Å². The molecule has 0 aliphatic carbocycles. The first-order valence-corrected chi connectivity index (χ1v) is 7.96. The van der Waals surface area contributed by atoms with Gasteiger partial charge in [-0.1, -0.05) is 0 Å². The third kappa shape index (κ3) is 3.82. The number of hydrogen-bond donors (Lipinski definition) is 0. The summed E-state index contributed by atoms with van der Waals surface area (Å²) in [5, 5.41) is 11.2. The number of anilines is 1. The first-order chi connectivity index (χ1) is 9.61. The Bertz CT molecular complexity index is 481. The van der Waals surface area contributed by atoms with Gasteiger partial charge >= 0.3 is 0 Å². The third-order valence-corrected chi connectivity index (χ3v) is 4.22. The van der Waals surface area contributed by atoms with Crippen molar-refractivity contribution in [2.24, 2.45) is 5.92 Å². The topological polar surface area (TPSA) is 55.6 Å². The quantitative estimate of drug-likeness (QED) is 0.439. The maximum absolute atomic E-state index is 11.2. The van der Waals surface area contributed by atoms with Gasteiger partial charge in [-0.2, -0.15) is 0 Å². The molecule has 1 unspecified atom stereocenters. The molecule has 0 radical (unpaired) electrons. The van der Waals surface area contributed by atoms with Crippen LogP contribution >= 0.6 is 22.6 Å². The van der Waals surface area contributed by atoms with E-state index in [0.717, 1.165) is 48.4 Å². The lowest BCUT2D eigenvalue weighted by Crippen LogP contribution is -2.37. The molecule has 110 valence electrons. The summed E-state index contributed by atoms with van der Waals surface area (Å²) >= 11 is 2.11. The molecule has 0 bridgehead atoms. The molecule has 0 N–H and O–H groups in total. The van der Waals surface area contributed by atoms with Gasteiger partial charge in [0.2, 0.25) is 0 Å². The van der Waals surface area contributed by atoms with Gasteiger partial charge < -0.3 is 9.64 Å². The number of nitro benzene ring substituents is 1. The van der Waals surface area contributed by atoms with Crippen molar-refractivity contribution in [1.29, 1.82) is 0 Å². The highest BCUT2D eigenvalue weighted by Crippen LogP contribution is 2.32. The lowest BCUT2D eigenvalue weighted by molar-refractivity contribution is -0.384. The number of piperidine rings is 1. The summed E-state index contributed by atoms with van der Waals surface area (Å²) in [6.07, 6.45) is 2.19. The second-order valence-corrected chi connectivity index (χ2v) is 6.25. The molecule has 2 rings (SSSR count). The van der Waals surface area contributed by atoms with Crippen molar-refractivity contribution in [1.82, 2.24) is 0 Å². The summed E-state index contributed by atoms with van der Waals surface area (Å²) in [5.41, 5.74) is 0.936. The lowest BCUT2D eigenvalue weighted by Gasteiger charge is -2.33. The predicted molar refractivity (Wildman–Crippen MR) is 87.2 cm³/mol. The molecule has 6 heteroatoms. The fourth-order valence-electron chi connectivity index (χ4n) is 2.61. The van der Waals surface area contributed by atoms with Crippen LogP contribution in [0.2, 0.25) is 0 Å². The van der Waals surface area contributed by atoms with Gasteiger partial charge in [0.1, 0.15) is 5.69 Å². The summed E-state index contributed by atoms with van der Waals surface area (Å²) in [6.45, 7) is 5.17. The SMILES string of the molecule is CCOCC1CCCN(c2ccc(I)cc2[N+](=O)[O-])C1. The Morgan fingerprint density at radius 1 is 1.55 bits per heavy atom. The molecule has 1 saturated heterocycles. The number of hydrogen-bond acceptors (Lipinski definition) is 4. The van der Waals surface area contributed by atoms with Crippen molar-refractivity contribution in [2.75, 3.05) is 31.2 Å². The van der Waals surface area contributed by atoms with Crippen LogP contribution in [0.5, 0.6) is 0 Å². The van der Waals surface area contributed by atoms with Gasteiger partial charge in [-0.05, 0) is 60.4 Å². The van der Waals surface area contributed by atoms with Crippen LogP contribution in [0.4, 0.5) is 11.4 Å². The smallest absolute Gasteiger partial charge is 0.293 e. The molecule has 1 aromatic rings. The maximum atomic E-state index is 11.2. The highest BCUT2D eigenvalue weighted by Gasteiger charge is 2.25. The van der Waals surface area contributed by atoms with Crippen LogP contribution in [-0.4, -0.2) is 31.2 Å². The molecule has 1 fully saturated rings. The van der Waals surface area contributed by atoms with Crippen LogP contribution in [0.1, 0.15) is 19.8 Å². The fraction of sp³-hybridized carbons (Fsp3) is 0.571. The zero-order chi connectivity index (χ0) is 14.5. The Balaban J connectivity index is 2.16. The average Bonchev–Trinajstić information content (AvgIpc) is 2.45. The highest BCUT2D eigenvalue weighted by atomic mass is 127. The molecular formula is C14H19IN2O3. The molecule has 20 heavy (non-hydrogen) atoms. The second-order valence-electron chi connectivity index (χ2n) is 5.00. The van der Waals surface area contributed by atoms with E-state index in [9.17, 15) is 10.1 Å². The minimum atomic E-state index is -0.288. The Morgan fingerprint density at radius 2 is 2.35 bits per heavy atom. The normalized spacial score (nSPS) is 19.1. The number of nitro groups is 1. The molecule has 0 spiro atoms. The summed E-state index contributed by atoms with van der Waals surface area (Å²) in [5.74, 6) is 0.461. The third-order valence-electron chi connectivity index (χ3n) is 3.55. The molecule has 0 saturated carbocycles. The van der Waals surface area contributed by atoms with E-state index in [4.69, 9.17) is 4.74 Å². The minimum Gasteiger partial charge on any atom is -0.381 e. The Labute approximate surface area is 132 Å². The minimum absolute atomic E-state index is 0.203. The van der Waals surface area contributed by atoms with Gasteiger partial charge in [-0.25, -0.2) is 0 Å². The monoisotopic (exact) mass is 390 g/mol. The number of nitrogens with zero attached hydrogens (tertiary/aromatic N) is 2. The summed E-state index contributed by atoms with van der Waals surface area (Å²) in [7, 11) is 0. The van der Waals surface area contributed by atoms with Crippen molar-refractivity contribution in [3.8, 4) is 0 Å². The van der Waals surface area contributed by atoms with Gasteiger partial charge in [0.15, 0.2) is 0 Å². The Hall–Kier alpha value is -0.890. The molecule has 1 aliphatic rings. The van der Waals surface area contributed by atoms with Crippen molar-refractivity contribution in [3.63, 3.8) is 0 Å². The van der Waals surface area contributed by atoms with Crippen molar-refractivity contribution >= 4 is 34.0 Å². The molecule has 5 nitrogen and oxygen atoms in total. The summed E-state index contributed by atoms with van der Waals surface area (Å²) < 4.78 is 6.38. The van der Waals surface area contributed by atoms with Gasteiger partial charge in [0.05, 0.1) is 11.5 Å². The number of halogens is 1. The number of ether oxygens (including phenoxy) is 1. The van der Waals surface area contributed by atoms with Crippen LogP contribution in [0, 0.1) is 19.6 Å². The molecule has 0 amide bonds. The van der Waals surface area contributed by atoms with E-state index in [1.165, 1.54) is 0 Å². The van der Waals surface area contributed by atoms with Gasteiger partial charge in [0.25, 0.3) is 5.69 Å². The average molecular weight is 390 g/mol. The Kier molecular flexibility index (Phi) is 5.59. The standard InChI is InChI=1S/C14H19IN2O3/c1-2-20-10-11-4-3-7-16(9-11)13-6-5-12(15)8-14(13)17(18)19/h5-6,8,11H,2-4,7,9-10H2,1H3. The van der Waals surface area contributed by atoms with Gasteiger partial charge in [-0.15, -0.1) is 0 Å². The van der Waals surface area contributed by atoms with Crippen LogP contribution in [0.15, 0.2) is 18.2 Å². The van der Waals surface area contributed by atoms with E-state index >= 15 is 0 Å². The molecule has 1 atom stereocenters. The molecule has 1 aromatic carbocycles. The molecule has 1 aliphatic heterocycles. The van der Waals surface area contributed by atoms with E-state index in [2.05, 4.69) is 27.5 Å². The zero-order valence-electron chi connectivity index (χ0n) is 11.5. The van der Waals surface area contributed by atoms with E-state index < -0.39 is 0 Å². The van der Waals surface area contributed by atoms with E-state index in [-0.39, 0.29) is 10.6 Å². The Morgan fingerprint density at radius 3 is 3.05 bits per heavy atom. The fourth-order valence-corrected chi connectivity index (χ4v) is 3.09. The van der Waals surface area contributed by atoms with Crippen molar-refractivity contribution < 1.29 is 9.66 Å². The van der Waals surface area contributed by atoms with E-state index in [0.29, 0.717) is 5.92 Å². The van der Waals surface area contributed by atoms with E-state index in [1.54, 1.807) is 6.07 Å². The number of benzene rings is 1. The van der Waals surface area contributed by atoms with Crippen LogP contribution < -0.4 is 4.90 Å². The number of rotatable bonds is 5. The van der Waals surface area contributed by atoms with Crippen LogP contribution in [-0.2, 0) is 4.74 Å². The lowest BCUT2D eigenvalue weighted by atomic mass is 9.98. The van der Waals surface area contributed by atoms with Crippen LogP contribution in [0.25, 0.3) is 0 Å². The molecule has 0 aromatic heterocycles. The van der Waals surface area contributed by atoms with Crippen LogP contribution in [0.3, 0.4) is 0 Å². The highest BCUT2D eigenvalue weighted by molar-refractivity contribution is 14.1. The largest absolute Gasteiger partial charge is 0.381 e. The molecular weight excluding hydrogens is 371 g/mol.